The summed E-state index contributed by atoms with van der Waals surface area (Å²) in [5.41, 5.74) is 1.39. The van der Waals surface area contributed by atoms with Gasteiger partial charge >= 0.3 is 0 Å². The molecule has 1 fully saturated rings. The van der Waals surface area contributed by atoms with Crippen molar-refractivity contribution in [1.82, 2.24) is 10.2 Å². The second-order valence-electron chi connectivity index (χ2n) is 4.43. The monoisotopic (exact) mass is 282 g/mol. The van der Waals surface area contributed by atoms with Gasteiger partial charge in [-0.25, -0.2) is 0 Å². The molecule has 1 saturated heterocycles. The van der Waals surface area contributed by atoms with Gasteiger partial charge in [-0.15, -0.1) is 0 Å². The maximum absolute atomic E-state index is 3.61. The summed E-state index contributed by atoms with van der Waals surface area (Å²) in [6.07, 6.45) is 2.53. The Kier molecular flexibility index (Phi) is 4.38. The predicted molar refractivity (Wildman–Crippen MR) is 71.5 cm³/mol. The van der Waals surface area contributed by atoms with Crippen LogP contribution in [0.1, 0.15) is 18.4 Å². The molecule has 2 nitrogen and oxygen atoms in total. The number of halogens is 1. The lowest BCUT2D eigenvalue weighted by Gasteiger charge is -2.31. The van der Waals surface area contributed by atoms with Crippen LogP contribution in [-0.2, 0) is 6.54 Å². The average molecular weight is 283 g/mol. The number of hydrogen-bond acceptors (Lipinski definition) is 2. The van der Waals surface area contributed by atoms with E-state index in [1.165, 1.54) is 36.0 Å². The zero-order chi connectivity index (χ0) is 11.4. The smallest absolute Gasteiger partial charge is 0.0244 e. The molecule has 0 amide bonds. The van der Waals surface area contributed by atoms with Crippen LogP contribution in [0.3, 0.4) is 0 Å². The summed E-state index contributed by atoms with van der Waals surface area (Å²) < 4.78 is 1.23. The molecule has 1 aromatic rings. The molecule has 0 unspecified atom stereocenters. The van der Waals surface area contributed by atoms with E-state index in [1.807, 2.05) is 0 Å². The molecule has 1 aliphatic rings. The van der Waals surface area contributed by atoms with Crippen LogP contribution in [0, 0.1) is 0 Å². The van der Waals surface area contributed by atoms with Gasteiger partial charge in [0, 0.05) is 17.1 Å². The van der Waals surface area contributed by atoms with Crippen molar-refractivity contribution in [1.29, 1.82) is 0 Å². The lowest BCUT2D eigenvalue weighted by atomic mass is 10.0. The molecule has 1 N–H and O–H groups in total. The van der Waals surface area contributed by atoms with E-state index in [0.29, 0.717) is 0 Å². The van der Waals surface area contributed by atoms with Gasteiger partial charge in [-0.2, -0.15) is 0 Å². The van der Waals surface area contributed by atoms with Crippen molar-refractivity contribution >= 4 is 15.9 Å². The number of nitrogens with zero attached hydrogens (tertiary/aromatic N) is 1. The zero-order valence-electron chi connectivity index (χ0n) is 9.75. The van der Waals surface area contributed by atoms with Gasteiger partial charge in [0.05, 0.1) is 0 Å². The fraction of sp³-hybridized carbons (Fsp3) is 0.538. The summed E-state index contributed by atoms with van der Waals surface area (Å²) in [5.74, 6) is 0. The van der Waals surface area contributed by atoms with E-state index in [4.69, 9.17) is 0 Å². The molecule has 1 aromatic carbocycles. The molecule has 1 aliphatic heterocycles. The van der Waals surface area contributed by atoms with Crippen molar-refractivity contribution in [2.24, 2.45) is 0 Å². The van der Waals surface area contributed by atoms with Crippen LogP contribution in [0.4, 0.5) is 0 Å². The van der Waals surface area contributed by atoms with Gasteiger partial charge in [-0.05, 0) is 44.6 Å². The Balaban J connectivity index is 1.89. The third kappa shape index (κ3) is 3.06. The molecular weight excluding hydrogens is 264 g/mol. The Morgan fingerprint density at radius 1 is 1.31 bits per heavy atom. The molecule has 0 spiro atoms. The Morgan fingerprint density at radius 2 is 2.00 bits per heavy atom. The lowest BCUT2D eigenvalue weighted by molar-refractivity contribution is 0.194. The Morgan fingerprint density at radius 3 is 2.62 bits per heavy atom. The molecule has 0 radical (unpaired) electrons. The van der Waals surface area contributed by atoms with Gasteiger partial charge in [0.25, 0.3) is 0 Å². The summed E-state index contributed by atoms with van der Waals surface area (Å²) >= 11 is 3.61. The minimum absolute atomic E-state index is 0.718. The molecule has 88 valence electrons. The van der Waals surface area contributed by atoms with Crippen LogP contribution in [0.25, 0.3) is 0 Å². The van der Waals surface area contributed by atoms with Crippen LogP contribution in [0.5, 0.6) is 0 Å². The summed E-state index contributed by atoms with van der Waals surface area (Å²) in [6.45, 7) is 3.47. The quantitative estimate of drug-likeness (QED) is 0.917. The second-order valence-corrected chi connectivity index (χ2v) is 5.28. The molecule has 0 bridgehead atoms. The fourth-order valence-electron chi connectivity index (χ4n) is 2.25. The van der Waals surface area contributed by atoms with Gasteiger partial charge in [0.15, 0.2) is 0 Å². The Labute approximate surface area is 106 Å². The molecule has 2 rings (SSSR count). The first-order valence-corrected chi connectivity index (χ1v) is 6.72. The third-order valence-electron chi connectivity index (χ3n) is 3.35. The maximum Gasteiger partial charge on any atom is 0.0244 e. The topological polar surface area (TPSA) is 15.3 Å². The largest absolute Gasteiger partial charge is 0.317 e. The standard InChI is InChI=1S/C13H19BrN2/c1-15-12-6-8-16(9-7-12)10-11-4-2-3-5-13(11)14/h2-5,12,15H,6-10H2,1H3. The highest BCUT2D eigenvalue weighted by atomic mass is 79.9. The average Bonchev–Trinajstić information content (AvgIpc) is 2.33. The molecule has 1 heterocycles. The number of nitrogens with one attached hydrogen (secondary N) is 1. The van der Waals surface area contributed by atoms with E-state index >= 15 is 0 Å². The first-order chi connectivity index (χ1) is 7.79. The Hall–Kier alpha value is -0.380. The Bertz CT molecular complexity index is 332. The van der Waals surface area contributed by atoms with Gasteiger partial charge in [0.2, 0.25) is 0 Å². The number of likely N-dealkylation sites (tertiary alicyclic amines) is 1. The first-order valence-electron chi connectivity index (χ1n) is 5.92. The fourth-order valence-corrected chi connectivity index (χ4v) is 2.66. The molecule has 0 aliphatic carbocycles. The summed E-state index contributed by atoms with van der Waals surface area (Å²) in [5, 5.41) is 3.36. The van der Waals surface area contributed by atoms with Gasteiger partial charge in [-0.1, -0.05) is 34.1 Å². The molecule has 0 aromatic heterocycles. The van der Waals surface area contributed by atoms with Crippen molar-refractivity contribution in [2.75, 3.05) is 20.1 Å². The van der Waals surface area contributed by atoms with Crippen LogP contribution >= 0.6 is 15.9 Å². The number of rotatable bonds is 3. The summed E-state index contributed by atoms with van der Waals surface area (Å²) in [4.78, 5) is 2.54. The van der Waals surface area contributed by atoms with Gasteiger partial charge in [0.1, 0.15) is 0 Å². The predicted octanol–water partition coefficient (Wildman–Crippen LogP) is 2.63. The van der Waals surface area contributed by atoms with Crippen LogP contribution < -0.4 is 5.32 Å². The molecule has 0 saturated carbocycles. The minimum Gasteiger partial charge on any atom is -0.317 e. The van der Waals surface area contributed by atoms with E-state index in [2.05, 4.69) is 57.5 Å². The highest BCUT2D eigenvalue weighted by Crippen LogP contribution is 2.20. The van der Waals surface area contributed by atoms with Crippen LogP contribution in [0.15, 0.2) is 28.7 Å². The number of benzene rings is 1. The first kappa shape index (κ1) is 12.1. The maximum atomic E-state index is 3.61. The molecule has 3 heteroatoms. The molecular formula is C13H19BrN2. The van der Waals surface area contributed by atoms with E-state index in [-0.39, 0.29) is 0 Å². The van der Waals surface area contributed by atoms with Crippen LogP contribution in [0.2, 0.25) is 0 Å². The third-order valence-corrected chi connectivity index (χ3v) is 4.12. The number of hydrogen-bond donors (Lipinski definition) is 1. The van der Waals surface area contributed by atoms with Gasteiger partial charge < -0.3 is 5.32 Å². The highest BCUT2D eigenvalue weighted by Gasteiger charge is 2.17. The summed E-state index contributed by atoms with van der Waals surface area (Å²) in [7, 11) is 2.06. The molecule has 16 heavy (non-hydrogen) atoms. The van der Waals surface area contributed by atoms with Crippen molar-refractivity contribution in [3.8, 4) is 0 Å². The van der Waals surface area contributed by atoms with E-state index in [0.717, 1.165) is 12.6 Å². The van der Waals surface area contributed by atoms with Crippen molar-refractivity contribution < 1.29 is 0 Å². The lowest BCUT2D eigenvalue weighted by Crippen LogP contribution is -2.40. The summed E-state index contributed by atoms with van der Waals surface area (Å²) in [6, 6.07) is 9.22. The number of piperidine rings is 1. The van der Waals surface area contributed by atoms with Crippen molar-refractivity contribution in [3.05, 3.63) is 34.3 Å². The van der Waals surface area contributed by atoms with Crippen LogP contribution in [-0.4, -0.2) is 31.1 Å². The van der Waals surface area contributed by atoms with Crippen molar-refractivity contribution in [3.63, 3.8) is 0 Å². The van der Waals surface area contributed by atoms with E-state index in [9.17, 15) is 0 Å². The van der Waals surface area contributed by atoms with Crippen molar-refractivity contribution in [2.45, 2.75) is 25.4 Å². The van der Waals surface area contributed by atoms with Gasteiger partial charge in [-0.3, -0.25) is 4.90 Å². The highest BCUT2D eigenvalue weighted by molar-refractivity contribution is 9.10. The second kappa shape index (κ2) is 5.80. The molecule has 0 atom stereocenters. The van der Waals surface area contributed by atoms with E-state index in [1.54, 1.807) is 0 Å². The minimum atomic E-state index is 0.718. The van der Waals surface area contributed by atoms with E-state index < -0.39 is 0 Å². The SMILES string of the molecule is CNC1CCN(Cc2ccccc2Br)CC1. The normalized spacial score (nSPS) is 18.9. The zero-order valence-corrected chi connectivity index (χ0v) is 11.3.